The maximum atomic E-state index is 15.7. The van der Waals surface area contributed by atoms with Gasteiger partial charge in [0.15, 0.2) is 17.5 Å². The number of carboxylic acids is 1. The van der Waals surface area contributed by atoms with E-state index in [1.807, 2.05) is 13.8 Å². The molecule has 2 aromatic carbocycles. The molecule has 1 saturated heterocycles. The molecule has 0 spiro atoms. The van der Waals surface area contributed by atoms with Crippen LogP contribution >= 0.6 is 11.6 Å². The maximum Gasteiger partial charge on any atom is 0.335 e. The summed E-state index contributed by atoms with van der Waals surface area (Å²) in [5.74, 6) is -2.90. The molecule has 4 aromatic heterocycles. The number of aromatic nitrogens is 7. The van der Waals surface area contributed by atoms with Gasteiger partial charge in [-0.15, -0.1) is 5.10 Å². The van der Waals surface area contributed by atoms with Gasteiger partial charge in [-0.25, -0.2) is 37.6 Å². The third-order valence-electron chi connectivity index (χ3n) is 8.48. The zero-order chi connectivity index (χ0) is 34.4. The number of hydrogen-bond donors (Lipinski definition) is 1. The van der Waals surface area contributed by atoms with E-state index in [1.165, 1.54) is 41.3 Å². The molecule has 11 nitrogen and oxygen atoms in total. The minimum absolute atomic E-state index is 0.00834. The molecule has 0 amide bonds. The Hall–Kier alpha value is -5.34. The third kappa shape index (κ3) is 6.20. The molecule has 0 saturated carbocycles. The van der Waals surface area contributed by atoms with Gasteiger partial charge in [0.1, 0.15) is 23.8 Å². The number of benzene rings is 2. The van der Waals surface area contributed by atoms with Gasteiger partial charge in [-0.05, 0) is 35.9 Å². The van der Waals surface area contributed by atoms with Crippen LogP contribution < -0.4 is 4.74 Å². The number of fused-ring (bicyclic) bond motifs is 1. The molecule has 1 aliphatic heterocycles. The van der Waals surface area contributed by atoms with Crippen molar-refractivity contribution in [3.8, 4) is 23.0 Å². The minimum Gasteiger partial charge on any atom is -0.478 e. The number of ether oxygens (including phenoxy) is 2. The zero-order valence-electron chi connectivity index (χ0n) is 26.1. The van der Waals surface area contributed by atoms with Crippen molar-refractivity contribution in [3.63, 3.8) is 0 Å². The quantitative estimate of drug-likeness (QED) is 0.178. The fourth-order valence-corrected chi connectivity index (χ4v) is 6.04. The summed E-state index contributed by atoms with van der Waals surface area (Å²) < 4.78 is 60.2. The Balaban J connectivity index is 1.15. The predicted octanol–water partition coefficient (Wildman–Crippen LogP) is 6.61. The Morgan fingerprint density at radius 3 is 2.59 bits per heavy atom. The number of halogens is 4. The molecule has 0 radical (unpaired) electrons. The van der Waals surface area contributed by atoms with E-state index in [9.17, 15) is 14.3 Å². The Bertz CT molecular complexity index is 2230. The van der Waals surface area contributed by atoms with Crippen LogP contribution in [0.15, 0.2) is 67.1 Å². The van der Waals surface area contributed by atoms with Crippen LogP contribution in [0.3, 0.4) is 0 Å². The standard InChI is InChI=1S/C34H27ClF3N7O4/c1-34(2)17-48-16-28(34)45-27-11-20(33(46)47)10-25(38)31(27)42-30(45)12-18-3-4-19(9-24(18)37)26-6-5-23(36)32(41-26)49-15-21-14-39-29(13-22(21)35)44-8-7-40-43-44/h3-11,13-14,28H,12,15-17H2,1-2H3,(H,46,47)/t28-/m1/s1. The number of imidazole rings is 1. The summed E-state index contributed by atoms with van der Waals surface area (Å²) in [4.78, 5) is 24.8. The number of rotatable bonds is 9. The molecule has 1 aliphatic rings. The average Bonchev–Trinajstić information content (AvgIpc) is 3.81. The molecular weight excluding hydrogens is 663 g/mol. The lowest BCUT2D eigenvalue weighted by Crippen LogP contribution is -2.27. The smallest absolute Gasteiger partial charge is 0.335 e. The highest BCUT2D eigenvalue weighted by Gasteiger charge is 2.39. The molecule has 1 atom stereocenters. The van der Waals surface area contributed by atoms with Crippen molar-refractivity contribution in [1.82, 2.24) is 34.5 Å². The lowest BCUT2D eigenvalue weighted by atomic mass is 9.87. The SMILES string of the molecule is CC1(C)COC[C@H]1n1c(Cc2ccc(-c3ccc(F)c(OCc4cnc(-n5ccnn5)cc4Cl)n3)cc2F)nc2c(F)cc(C(=O)O)cc21. The Labute approximate surface area is 281 Å². The Morgan fingerprint density at radius 1 is 1.06 bits per heavy atom. The maximum absolute atomic E-state index is 15.7. The highest BCUT2D eigenvalue weighted by molar-refractivity contribution is 6.31. The molecule has 0 unspecified atom stereocenters. The first kappa shape index (κ1) is 32.2. The van der Waals surface area contributed by atoms with E-state index in [0.717, 1.165) is 6.07 Å². The lowest BCUT2D eigenvalue weighted by Gasteiger charge is -2.28. The van der Waals surface area contributed by atoms with Crippen LogP contribution in [-0.2, 0) is 17.8 Å². The summed E-state index contributed by atoms with van der Waals surface area (Å²) in [5, 5.41) is 17.5. The molecule has 0 bridgehead atoms. The van der Waals surface area contributed by atoms with E-state index in [1.54, 1.807) is 29.0 Å². The van der Waals surface area contributed by atoms with Crippen molar-refractivity contribution in [2.24, 2.45) is 5.41 Å². The number of nitrogens with zero attached hydrogens (tertiary/aromatic N) is 7. The van der Waals surface area contributed by atoms with Crippen molar-refractivity contribution in [2.45, 2.75) is 32.9 Å². The molecule has 49 heavy (non-hydrogen) atoms. The van der Waals surface area contributed by atoms with Gasteiger partial charge in [0.2, 0.25) is 0 Å². The molecule has 250 valence electrons. The average molecular weight is 690 g/mol. The molecule has 7 rings (SSSR count). The van der Waals surface area contributed by atoms with Gasteiger partial charge >= 0.3 is 5.97 Å². The number of pyridine rings is 2. The summed E-state index contributed by atoms with van der Waals surface area (Å²) in [6.07, 6.45) is 4.56. The van der Waals surface area contributed by atoms with E-state index < -0.39 is 28.8 Å². The number of hydrogen-bond acceptors (Lipinski definition) is 8. The topological polar surface area (TPSA) is 130 Å². The minimum atomic E-state index is -1.28. The van der Waals surface area contributed by atoms with Crippen molar-refractivity contribution in [3.05, 3.63) is 112 Å². The largest absolute Gasteiger partial charge is 0.478 e. The number of carboxylic acid groups (broad SMARTS) is 1. The molecule has 1 fully saturated rings. The van der Waals surface area contributed by atoms with E-state index in [0.29, 0.717) is 46.5 Å². The van der Waals surface area contributed by atoms with Crippen LogP contribution in [0.1, 0.15) is 47.2 Å². The second-order valence-corrected chi connectivity index (χ2v) is 12.7. The number of aromatic carboxylic acids is 1. The fourth-order valence-electron chi connectivity index (χ4n) is 5.84. The highest BCUT2D eigenvalue weighted by atomic mass is 35.5. The first-order valence-corrected chi connectivity index (χ1v) is 15.5. The van der Waals surface area contributed by atoms with Crippen LogP contribution in [-0.4, -0.2) is 58.8 Å². The second kappa shape index (κ2) is 12.6. The molecule has 1 N–H and O–H groups in total. The van der Waals surface area contributed by atoms with Gasteiger partial charge in [0, 0.05) is 35.2 Å². The normalized spacial score (nSPS) is 15.6. The third-order valence-corrected chi connectivity index (χ3v) is 8.83. The summed E-state index contributed by atoms with van der Waals surface area (Å²) >= 11 is 6.39. The van der Waals surface area contributed by atoms with E-state index >= 15 is 8.78 Å². The molecule has 0 aliphatic carbocycles. The van der Waals surface area contributed by atoms with Crippen LogP contribution in [0, 0.1) is 22.9 Å². The lowest BCUT2D eigenvalue weighted by molar-refractivity contribution is 0.0696. The van der Waals surface area contributed by atoms with Crippen LogP contribution in [0.25, 0.3) is 28.1 Å². The van der Waals surface area contributed by atoms with Gasteiger partial charge in [0.25, 0.3) is 5.88 Å². The van der Waals surface area contributed by atoms with Gasteiger partial charge in [-0.2, -0.15) is 0 Å². The van der Waals surface area contributed by atoms with Gasteiger partial charge in [-0.1, -0.05) is 42.8 Å². The molecule has 5 heterocycles. The first-order valence-electron chi connectivity index (χ1n) is 15.1. The first-order chi connectivity index (χ1) is 23.5. The van der Waals surface area contributed by atoms with E-state index in [2.05, 4.69) is 25.3 Å². The van der Waals surface area contributed by atoms with Crippen molar-refractivity contribution >= 4 is 28.6 Å². The fraction of sp³-hybridized carbons (Fsp3) is 0.235. The van der Waals surface area contributed by atoms with Gasteiger partial charge in [0.05, 0.1) is 53.4 Å². The molecule has 6 aromatic rings. The Kier molecular flexibility index (Phi) is 8.28. The van der Waals surface area contributed by atoms with Crippen LogP contribution in [0.4, 0.5) is 13.2 Å². The van der Waals surface area contributed by atoms with Crippen molar-refractivity contribution < 1.29 is 32.5 Å². The number of carbonyl (C=O) groups is 1. The Morgan fingerprint density at radius 2 is 1.90 bits per heavy atom. The zero-order valence-corrected chi connectivity index (χ0v) is 26.8. The predicted molar refractivity (Wildman–Crippen MR) is 171 cm³/mol. The summed E-state index contributed by atoms with van der Waals surface area (Å²) in [6, 6.07) is 10.6. The van der Waals surface area contributed by atoms with E-state index in [-0.39, 0.29) is 47.3 Å². The summed E-state index contributed by atoms with van der Waals surface area (Å²) in [6.45, 7) is 4.56. The van der Waals surface area contributed by atoms with Crippen molar-refractivity contribution in [1.29, 1.82) is 0 Å². The van der Waals surface area contributed by atoms with E-state index in [4.69, 9.17) is 21.1 Å². The molecular formula is C34H27ClF3N7O4. The van der Waals surface area contributed by atoms with Gasteiger partial charge < -0.3 is 19.1 Å². The van der Waals surface area contributed by atoms with Crippen molar-refractivity contribution in [2.75, 3.05) is 13.2 Å². The monoisotopic (exact) mass is 689 g/mol. The summed E-state index contributed by atoms with van der Waals surface area (Å²) in [7, 11) is 0. The molecule has 15 heteroatoms. The van der Waals surface area contributed by atoms with Crippen LogP contribution in [0.5, 0.6) is 5.88 Å². The summed E-state index contributed by atoms with van der Waals surface area (Å²) in [5.41, 5.74) is 1.02. The highest BCUT2D eigenvalue weighted by Crippen LogP contribution is 2.41. The second-order valence-electron chi connectivity index (χ2n) is 12.3. The van der Waals surface area contributed by atoms with Crippen LogP contribution in [0.2, 0.25) is 5.02 Å². The van der Waals surface area contributed by atoms with Gasteiger partial charge in [-0.3, -0.25) is 0 Å².